The number of aromatic amines is 1. The van der Waals surface area contributed by atoms with Crippen LogP contribution in [0.15, 0.2) is 55.2 Å². The van der Waals surface area contributed by atoms with Gasteiger partial charge in [0.1, 0.15) is 17.1 Å². The summed E-state index contributed by atoms with van der Waals surface area (Å²) in [6.07, 6.45) is -3.12. The number of nitrogens with one attached hydrogen (secondary N) is 3. The second-order valence-corrected chi connectivity index (χ2v) is 6.28. The Hall–Kier alpha value is -4.03. The maximum Gasteiger partial charge on any atom is 0.425 e. The third kappa shape index (κ3) is 2.74. The van der Waals surface area contributed by atoms with E-state index in [9.17, 15) is 32.3 Å². The van der Waals surface area contributed by atoms with Gasteiger partial charge in [-0.05, 0) is 24.3 Å². The summed E-state index contributed by atoms with van der Waals surface area (Å²) < 4.78 is 53.0. The van der Waals surface area contributed by atoms with Crippen molar-refractivity contribution in [3.8, 4) is 0 Å². The van der Waals surface area contributed by atoms with Crippen LogP contribution in [-0.4, -0.2) is 27.5 Å². The molecule has 0 fully saturated rings. The van der Waals surface area contributed by atoms with Crippen LogP contribution >= 0.6 is 0 Å². The standard InChI is InChI=1S/C17H11F3N4O6/c18-17(19,20)16(23-12(25)9-4-2-6-30-9)10-11(21-14(16)27)24(15(28)22-13(10)26)7-8-3-1-5-29-8/h1-6H,7H2,(H,21,27)(H,23,25)(H,22,26,28)/t16-/m0/s1. The first-order chi connectivity index (χ1) is 14.1. The number of furan rings is 2. The van der Waals surface area contributed by atoms with Crippen LogP contribution < -0.4 is 21.9 Å². The maximum absolute atomic E-state index is 14.2. The highest BCUT2D eigenvalue weighted by Crippen LogP contribution is 2.45. The molecule has 4 heterocycles. The topological polar surface area (TPSA) is 139 Å². The Bertz CT molecular complexity index is 1240. The fraction of sp³-hybridized carbons (Fsp3) is 0.176. The second-order valence-electron chi connectivity index (χ2n) is 6.28. The molecule has 1 aliphatic heterocycles. The molecule has 1 atom stereocenters. The fourth-order valence-electron chi connectivity index (χ4n) is 3.17. The molecule has 4 rings (SSSR count). The average Bonchev–Trinajstić information content (AvgIpc) is 3.39. The molecular weight excluding hydrogens is 413 g/mol. The van der Waals surface area contributed by atoms with E-state index in [2.05, 4.69) is 0 Å². The first-order valence-corrected chi connectivity index (χ1v) is 8.29. The molecule has 10 nitrogen and oxygen atoms in total. The van der Waals surface area contributed by atoms with Crippen LogP contribution in [0.2, 0.25) is 0 Å². The van der Waals surface area contributed by atoms with Crippen molar-refractivity contribution in [1.82, 2.24) is 14.9 Å². The second kappa shape index (κ2) is 6.50. The van der Waals surface area contributed by atoms with E-state index in [-0.39, 0.29) is 12.3 Å². The van der Waals surface area contributed by atoms with Crippen molar-refractivity contribution in [2.24, 2.45) is 0 Å². The van der Waals surface area contributed by atoms with Crippen LogP contribution in [0.3, 0.4) is 0 Å². The number of carbonyl (C=O) groups excluding carboxylic acids is 2. The average molecular weight is 424 g/mol. The number of H-pyrrole nitrogens is 1. The smallest absolute Gasteiger partial charge is 0.425 e. The molecule has 0 aromatic carbocycles. The van der Waals surface area contributed by atoms with Gasteiger partial charge in [0, 0.05) is 0 Å². The Morgan fingerprint density at radius 3 is 2.43 bits per heavy atom. The number of halogens is 3. The van der Waals surface area contributed by atoms with E-state index in [1.54, 1.807) is 10.3 Å². The number of anilines is 1. The minimum atomic E-state index is -5.44. The molecule has 3 aromatic heterocycles. The van der Waals surface area contributed by atoms with E-state index in [4.69, 9.17) is 8.83 Å². The van der Waals surface area contributed by atoms with Gasteiger partial charge >= 0.3 is 11.9 Å². The number of nitrogens with zero attached hydrogens (tertiary/aromatic N) is 1. The molecule has 0 spiro atoms. The summed E-state index contributed by atoms with van der Waals surface area (Å²) in [5.74, 6) is -4.19. The number of hydrogen-bond acceptors (Lipinski definition) is 6. The van der Waals surface area contributed by atoms with Crippen LogP contribution in [0.1, 0.15) is 21.9 Å². The van der Waals surface area contributed by atoms with Gasteiger partial charge in [-0.15, -0.1) is 0 Å². The lowest BCUT2D eigenvalue weighted by Crippen LogP contribution is -2.62. The number of alkyl halides is 3. The van der Waals surface area contributed by atoms with Gasteiger partial charge in [0.15, 0.2) is 5.76 Å². The molecule has 0 aliphatic carbocycles. The van der Waals surface area contributed by atoms with Crippen molar-refractivity contribution >= 4 is 17.6 Å². The lowest BCUT2D eigenvalue weighted by molar-refractivity contribution is -0.196. The lowest BCUT2D eigenvalue weighted by Gasteiger charge is -2.29. The highest BCUT2D eigenvalue weighted by Gasteiger charge is 2.68. The predicted molar refractivity (Wildman–Crippen MR) is 91.7 cm³/mol. The molecule has 0 bridgehead atoms. The van der Waals surface area contributed by atoms with E-state index in [0.717, 1.165) is 12.3 Å². The third-order valence-electron chi connectivity index (χ3n) is 4.51. The largest absolute Gasteiger partial charge is 0.467 e. The molecule has 1 aliphatic rings. The van der Waals surface area contributed by atoms with Crippen molar-refractivity contribution in [3.63, 3.8) is 0 Å². The van der Waals surface area contributed by atoms with Crippen molar-refractivity contribution in [3.05, 3.63) is 74.7 Å². The zero-order valence-corrected chi connectivity index (χ0v) is 14.7. The predicted octanol–water partition coefficient (Wildman–Crippen LogP) is 0.911. The number of fused-ring (bicyclic) bond motifs is 1. The summed E-state index contributed by atoms with van der Waals surface area (Å²) in [5, 5.41) is 3.46. The minimum Gasteiger partial charge on any atom is -0.467 e. The van der Waals surface area contributed by atoms with E-state index in [1.807, 2.05) is 5.32 Å². The molecule has 3 N–H and O–H groups in total. The van der Waals surface area contributed by atoms with Crippen molar-refractivity contribution in [2.75, 3.05) is 5.32 Å². The van der Waals surface area contributed by atoms with Gasteiger partial charge in [0.2, 0.25) is 0 Å². The summed E-state index contributed by atoms with van der Waals surface area (Å²) >= 11 is 0. The molecule has 0 unspecified atom stereocenters. The summed E-state index contributed by atoms with van der Waals surface area (Å²) in [6.45, 7) is -0.384. The van der Waals surface area contributed by atoms with Crippen LogP contribution in [-0.2, 0) is 16.9 Å². The monoisotopic (exact) mass is 424 g/mol. The van der Waals surface area contributed by atoms with Crippen LogP contribution in [0.25, 0.3) is 0 Å². The molecule has 2 amide bonds. The van der Waals surface area contributed by atoms with Gasteiger partial charge in [-0.3, -0.25) is 23.9 Å². The molecular formula is C17H11F3N4O6. The van der Waals surface area contributed by atoms with Crippen LogP contribution in [0.5, 0.6) is 0 Å². The molecule has 13 heteroatoms. The molecule has 3 aromatic rings. The molecule has 30 heavy (non-hydrogen) atoms. The third-order valence-corrected chi connectivity index (χ3v) is 4.51. The summed E-state index contributed by atoms with van der Waals surface area (Å²) in [7, 11) is 0. The Morgan fingerprint density at radius 2 is 1.83 bits per heavy atom. The van der Waals surface area contributed by atoms with E-state index < -0.39 is 51.9 Å². The number of aromatic nitrogens is 2. The van der Waals surface area contributed by atoms with Crippen LogP contribution in [0, 0.1) is 0 Å². The number of hydrogen-bond donors (Lipinski definition) is 3. The quantitative estimate of drug-likeness (QED) is 0.569. The Balaban J connectivity index is 1.93. The first-order valence-electron chi connectivity index (χ1n) is 8.29. The van der Waals surface area contributed by atoms with Gasteiger partial charge < -0.3 is 19.5 Å². The number of rotatable bonds is 4. The minimum absolute atomic E-state index is 0.171. The van der Waals surface area contributed by atoms with Crippen molar-refractivity contribution in [1.29, 1.82) is 0 Å². The van der Waals surface area contributed by atoms with E-state index in [0.29, 0.717) is 4.57 Å². The van der Waals surface area contributed by atoms with E-state index >= 15 is 0 Å². The van der Waals surface area contributed by atoms with Gasteiger partial charge in [0.05, 0.1) is 19.1 Å². The Morgan fingerprint density at radius 1 is 1.13 bits per heavy atom. The number of amides is 2. The highest BCUT2D eigenvalue weighted by molar-refractivity contribution is 6.08. The van der Waals surface area contributed by atoms with E-state index in [1.165, 1.54) is 24.5 Å². The van der Waals surface area contributed by atoms with Crippen molar-refractivity contribution in [2.45, 2.75) is 18.3 Å². The first kappa shape index (κ1) is 19.3. The Kier molecular flexibility index (Phi) is 4.18. The van der Waals surface area contributed by atoms with Gasteiger partial charge in [-0.25, -0.2) is 4.79 Å². The Labute approximate surface area is 163 Å². The van der Waals surface area contributed by atoms with Gasteiger partial charge in [0.25, 0.3) is 22.9 Å². The highest BCUT2D eigenvalue weighted by atomic mass is 19.4. The molecule has 0 saturated heterocycles. The zero-order valence-electron chi connectivity index (χ0n) is 14.7. The number of carbonyl (C=O) groups is 2. The summed E-state index contributed by atoms with van der Waals surface area (Å²) in [4.78, 5) is 51.2. The normalized spacial score (nSPS) is 18.2. The lowest BCUT2D eigenvalue weighted by atomic mass is 9.91. The summed E-state index contributed by atoms with van der Waals surface area (Å²) in [5.41, 5.74) is -7.49. The SMILES string of the molecule is O=C(N[C@]1(C(F)(F)F)C(=O)Nc2c1c(=O)[nH]c(=O)n2Cc1ccco1)c1ccco1. The molecule has 0 saturated carbocycles. The van der Waals surface area contributed by atoms with Gasteiger partial charge in [-0.2, -0.15) is 13.2 Å². The van der Waals surface area contributed by atoms with Crippen LogP contribution in [0.4, 0.5) is 19.0 Å². The maximum atomic E-state index is 14.2. The zero-order chi connectivity index (χ0) is 21.7. The molecule has 0 radical (unpaired) electrons. The van der Waals surface area contributed by atoms with Gasteiger partial charge in [-0.1, -0.05) is 0 Å². The summed E-state index contributed by atoms with van der Waals surface area (Å²) in [6, 6.07) is 5.26. The fourth-order valence-corrected chi connectivity index (χ4v) is 3.17. The molecule has 156 valence electrons. The van der Waals surface area contributed by atoms with Crippen molar-refractivity contribution < 1.29 is 31.6 Å².